The van der Waals surface area contributed by atoms with Crippen LogP contribution in [-0.2, 0) is 0 Å². The summed E-state index contributed by atoms with van der Waals surface area (Å²) in [4.78, 5) is 12.5. The maximum absolute atomic E-state index is 12.5. The molecule has 0 atom stereocenters. The first kappa shape index (κ1) is 16.9. The largest absolute Gasteiger partial charge is 0.495 e. The molecular weight excluding hydrogens is 340 g/mol. The van der Waals surface area contributed by atoms with E-state index in [1.54, 1.807) is 24.3 Å². The first-order valence-electron chi connectivity index (χ1n) is 7.58. The van der Waals surface area contributed by atoms with Crippen LogP contribution in [0.3, 0.4) is 0 Å². The molecule has 0 aliphatic carbocycles. The number of rotatable bonds is 5. The highest BCUT2D eigenvalue weighted by atomic mass is 35.5. The molecule has 0 aliphatic heterocycles. The molecule has 0 fully saturated rings. The van der Waals surface area contributed by atoms with E-state index in [0.29, 0.717) is 27.8 Å². The third-order valence-electron chi connectivity index (χ3n) is 3.75. The Hall–Kier alpha value is -2.92. The quantitative estimate of drug-likeness (QED) is 0.737. The second-order valence-electron chi connectivity index (χ2n) is 5.28. The van der Waals surface area contributed by atoms with Crippen molar-refractivity contribution >= 4 is 23.2 Å². The molecule has 1 amide bonds. The second-order valence-corrected chi connectivity index (χ2v) is 5.69. The van der Waals surface area contributed by atoms with Gasteiger partial charge in [0.15, 0.2) is 0 Å². The number of nitrogens with one attached hydrogen (secondary N) is 1. The summed E-state index contributed by atoms with van der Waals surface area (Å²) in [5.41, 5.74) is 2.00. The highest BCUT2D eigenvalue weighted by Crippen LogP contribution is 2.36. The maximum Gasteiger partial charge on any atom is 0.255 e. The molecule has 128 valence electrons. The van der Waals surface area contributed by atoms with E-state index in [0.717, 1.165) is 5.69 Å². The van der Waals surface area contributed by atoms with E-state index in [1.165, 1.54) is 14.2 Å². The summed E-state index contributed by atoms with van der Waals surface area (Å²) >= 11 is 6.08. The number of methoxy groups -OCH3 is 2. The number of hydrogen-bond donors (Lipinski definition) is 1. The van der Waals surface area contributed by atoms with Crippen LogP contribution < -0.4 is 14.8 Å². The van der Waals surface area contributed by atoms with Crippen molar-refractivity contribution in [2.75, 3.05) is 19.5 Å². The van der Waals surface area contributed by atoms with Crippen LogP contribution in [0.4, 0.5) is 5.69 Å². The van der Waals surface area contributed by atoms with Crippen molar-refractivity contribution in [1.29, 1.82) is 0 Å². The highest BCUT2D eigenvalue weighted by molar-refractivity contribution is 6.32. The lowest BCUT2D eigenvalue weighted by molar-refractivity contribution is 0.102. The van der Waals surface area contributed by atoms with Crippen molar-refractivity contribution < 1.29 is 14.3 Å². The topological polar surface area (TPSA) is 52.5 Å². The standard InChI is InChI=1S/C19H17ClN2O3/c1-24-17-12-16(18(25-2)11-15(17)20)21-19(23)13-5-7-14(8-6-13)22-9-3-4-10-22/h3-12H,1-2H3,(H,21,23). The molecule has 3 rings (SSSR count). The van der Waals surface area contributed by atoms with Crippen LogP contribution >= 0.6 is 11.6 Å². The average Bonchev–Trinajstić information content (AvgIpc) is 3.17. The molecule has 1 heterocycles. The molecule has 2 aromatic carbocycles. The van der Waals surface area contributed by atoms with Crippen LogP contribution in [0.2, 0.25) is 5.02 Å². The Morgan fingerprint density at radius 3 is 2.24 bits per heavy atom. The number of carbonyl (C=O) groups is 1. The molecule has 1 aromatic heterocycles. The van der Waals surface area contributed by atoms with Gasteiger partial charge in [0.05, 0.1) is 24.9 Å². The van der Waals surface area contributed by atoms with Gasteiger partial charge in [0.25, 0.3) is 5.91 Å². The van der Waals surface area contributed by atoms with Gasteiger partial charge in [-0.25, -0.2) is 0 Å². The Labute approximate surface area is 150 Å². The first-order valence-corrected chi connectivity index (χ1v) is 7.96. The van der Waals surface area contributed by atoms with Gasteiger partial charge in [0.1, 0.15) is 11.5 Å². The van der Waals surface area contributed by atoms with E-state index in [-0.39, 0.29) is 5.91 Å². The SMILES string of the molecule is COc1cc(NC(=O)c2ccc(-n3cccc3)cc2)c(OC)cc1Cl. The van der Waals surface area contributed by atoms with Crippen molar-refractivity contribution in [3.05, 3.63) is 71.5 Å². The van der Waals surface area contributed by atoms with Crippen LogP contribution in [0.15, 0.2) is 60.9 Å². The van der Waals surface area contributed by atoms with Gasteiger partial charge in [-0.05, 0) is 36.4 Å². The maximum atomic E-state index is 12.5. The smallest absolute Gasteiger partial charge is 0.255 e. The van der Waals surface area contributed by atoms with E-state index >= 15 is 0 Å². The van der Waals surface area contributed by atoms with E-state index in [1.807, 2.05) is 41.2 Å². The Balaban J connectivity index is 1.82. The molecule has 0 spiro atoms. The minimum atomic E-state index is -0.248. The number of hydrogen-bond acceptors (Lipinski definition) is 3. The van der Waals surface area contributed by atoms with E-state index in [9.17, 15) is 4.79 Å². The molecule has 25 heavy (non-hydrogen) atoms. The lowest BCUT2D eigenvalue weighted by Crippen LogP contribution is -2.13. The normalized spacial score (nSPS) is 10.4. The number of nitrogens with zero attached hydrogens (tertiary/aromatic N) is 1. The zero-order valence-electron chi connectivity index (χ0n) is 13.8. The zero-order chi connectivity index (χ0) is 17.8. The molecule has 0 radical (unpaired) electrons. The van der Waals surface area contributed by atoms with Gasteiger partial charge in [-0.3, -0.25) is 4.79 Å². The molecule has 0 unspecified atom stereocenters. The molecule has 3 aromatic rings. The number of carbonyl (C=O) groups excluding carboxylic acids is 1. The summed E-state index contributed by atoms with van der Waals surface area (Å²) in [6.45, 7) is 0. The third kappa shape index (κ3) is 3.61. The summed E-state index contributed by atoms with van der Waals surface area (Å²) in [6, 6.07) is 14.4. The molecule has 0 saturated heterocycles. The minimum Gasteiger partial charge on any atom is -0.495 e. The Morgan fingerprint density at radius 1 is 1.00 bits per heavy atom. The van der Waals surface area contributed by atoms with Gasteiger partial charge in [-0.1, -0.05) is 11.6 Å². The van der Waals surface area contributed by atoms with Crippen molar-refractivity contribution in [1.82, 2.24) is 4.57 Å². The Bertz CT molecular complexity index is 874. The fourth-order valence-corrected chi connectivity index (χ4v) is 2.68. The van der Waals surface area contributed by atoms with Gasteiger partial charge in [0, 0.05) is 35.8 Å². The third-order valence-corrected chi connectivity index (χ3v) is 4.05. The van der Waals surface area contributed by atoms with Gasteiger partial charge in [-0.2, -0.15) is 0 Å². The van der Waals surface area contributed by atoms with Crippen LogP contribution in [0.1, 0.15) is 10.4 Å². The fourth-order valence-electron chi connectivity index (χ4n) is 2.44. The predicted octanol–water partition coefficient (Wildman–Crippen LogP) is 4.40. The molecule has 0 saturated carbocycles. The lowest BCUT2D eigenvalue weighted by atomic mass is 10.2. The summed E-state index contributed by atoms with van der Waals surface area (Å²) in [5, 5.41) is 3.24. The fraction of sp³-hybridized carbons (Fsp3) is 0.105. The van der Waals surface area contributed by atoms with E-state index in [4.69, 9.17) is 21.1 Å². The average molecular weight is 357 g/mol. The second kappa shape index (κ2) is 7.32. The lowest BCUT2D eigenvalue weighted by Gasteiger charge is -2.13. The molecule has 0 aliphatic rings. The van der Waals surface area contributed by atoms with Crippen LogP contribution in [0.5, 0.6) is 11.5 Å². The number of benzene rings is 2. The Kier molecular flexibility index (Phi) is 4.95. The number of halogens is 1. The van der Waals surface area contributed by atoms with Gasteiger partial charge >= 0.3 is 0 Å². The summed E-state index contributed by atoms with van der Waals surface area (Å²) in [6.07, 6.45) is 3.89. The van der Waals surface area contributed by atoms with Crippen molar-refractivity contribution in [3.63, 3.8) is 0 Å². The van der Waals surface area contributed by atoms with Gasteiger partial charge in [0.2, 0.25) is 0 Å². The Morgan fingerprint density at radius 2 is 1.64 bits per heavy atom. The zero-order valence-corrected chi connectivity index (χ0v) is 14.6. The number of ether oxygens (including phenoxy) is 2. The summed E-state index contributed by atoms with van der Waals surface area (Å²) in [5.74, 6) is 0.672. The summed E-state index contributed by atoms with van der Waals surface area (Å²) < 4.78 is 12.4. The monoisotopic (exact) mass is 356 g/mol. The van der Waals surface area contributed by atoms with Crippen molar-refractivity contribution in [2.45, 2.75) is 0 Å². The first-order chi connectivity index (χ1) is 12.1. The molecule has 5 nitrogen and oxygen atoms in total. The van der Waals surface area contributed by atoms with Crippen LogP contribution in [0, 0.1) is 0 Å². The predicted molar refractivity (Wildman–Crippen MR) is 98.3 cm³/mol. The van der Waals surface area contributed by atoms with E-state index < -0.39 is 0 Å². The van der Waals surface area contributed by atoms with Crippen LogP contribution in [-0.4, -0.2) is 24.7 Å². The van der Waals surface area contributed by atoms with E-state index in [2.05, 4.69) is 5.32 Å². The molecular formula is C19H17ClN2O3. The van der Waals surface area contributed by atoms with Gasteiger partial charge in [-0.15, -0.1) is 0 Å². The molecule has 1 N–H and O–H groups in total. The van der Waals surface area contributed by atoms with Gasteiger partial charge < -0.3 is 19.4 Å². The molecule has 0 bridgehead atoms. The summed E-state index contributed by atoms with van der Waals surface area (Å²) in [7, 11) is 3.03. The van der Waals surface area contributed by atoms with Crippen molar-refractivity contribution in [2.24, 2.45) is 0 Å². The van der Waals surface area contributed by atoms with Crippen molar-refractivity contribution in [3.8, 4) is 17.2 Å². The minimum absolute atomic E-state index is 0.248. The molecule has 6 heteroatoms. The highest BCUT2D eigenvalue weighted by Gasteiger charge is 2.14. The number of aromatic nitrogens is 1. The number of anilines is 1. The van der Waals surface area contributed by atoms with Crippen LogP contribution in [0.25, 0.3) is 5.69 Å². The number of amides is 1.